The summed E-state index contributed by atoms with van der Waals surface area (Å²) in [5, 5.41) is 2.62. The van der Waals surface area contributed by atoms with Gasteiger partial charge in [-0.1, -0.05) is 0 Å². The van der Waals surface area contributed by atoms with Crippen LogP contribution in [0, 0.1) is 13.8 Å². The van der Waals surface area contributed by atoms with Crippen molar-refractivity contribution < 1.29 is 13.5 Å². The third-order valence-corrected chi connectivity index (χ3v) is 2.27. The van der Waals surface area contributed by atoms with Crippen molar-refractivity contribution in [2.24, 2.45) is 0 Å². The predicted octanol–water partition coefficient (Wildman–Crippen LogP) is 2.10. The topological polar surface area (TPSA) is 34.2 Å². The zero-order chi connectivity index (χ0) is 10.3. The average Bonchev–Trinajstić information content (AvgIpc) is 2.10. The summed E-state index contributed by atoms with van der Waals surface area (Å²) in [5.74, 6) is -0.0237. The highest BCUT2D eigenvalue weighted by Crippen LogP contribution is 2.35. The van der Waals surface area contributed by atoms with Crippen molar-refractivity contribution in [2.45, 2.75) is 20.0 Å². The van der Waals surface area contributed by atoms with E-state index in [0.29, 0.717) is 5.69 Å². The number of alkyl halides is 2. The summed E-state index contributed by atoms with van der Waals surface area (Å²) >= 11 is 0. The lowest BCUT2D eigenvalue weighted by Crippen LogP contribution is -2.38. The molecular weight excluding hydrogens is 190 g/mol. The minimum atomic E-state index is -3.16. The Hall–Kier alpha value is -1.39. The number of hydrogen-bond donors (Lipinski definition) is 1. The molecule has 0 spiro atoms. The molecule has 2 rings (SSSR count). The van der Waals surface area contributed by atoms with E-state index in [0.717, 1.165) is 11.1 Å². The van der Waals surface area contributed by atoms with E-state index in [1.54, 1.807) is 0 Å². The van der Waals surface area contributed by atoms with E-state index < -0.39 is 12.7 Å². The van der Waals surface area contributed by atoms with Crippen LogP contribution in [0.5, 0.6) is 5.88 Å². The van der Waals surface area contributed by atoms with Crippen molar-refractivity contribution in [1.29, 1.82) is 0 Å². The number of nitrogens with zero attached hydrogens (tertiary/aromatic N) is 1. The molecule has 0 radical (unpaired) electrons. The fraction of sp³-hybridized carbons (Fsp3) is 0.444. The first-order chi connectivity index (χ1) is 6.49. The molecule has 0 bridgehead atoms. The van der Waals surface area contributed by atoms with Gasteiger partial charge >= 0.3 is 6.11 Å². The van der Waals surface area contributed by atoms with E-state index in [1.807, 2.05) is 13.8 Å². The van der Waals surface area contributed by atoms with Gasteiger partial charge in [-0.05, 0) is 25.0 Å². The first-order valence-corrected chi connectivity index (χ1v) is 4.26. The van der Waals surface area contributed by atoms with Gasteiger partial charge in [0.25, 0.3) is 0 Å². The second kappa shape index (κ2) is 2.80. The van der Waals surface area contributed by atoms with E-state index in [2.05, 4.69) is 15.0 Å². The molecule has 0 aliphatic carbocycles. The van der Waals surface area contributed by atoms with Gasteiger partial charge in [-0.15, -0.1) is 0 Å². The first-order valence-electron chi connectivity index (χ1n) is 4.26. The van der Waals surface area contributed by atoms with Crippen molar-refractivity contribution in [3.8, 4) is 5.88 Å². The van der Waals surface area contributed by atoms with E-state index in [9.17, 15) is 8.78 Å². The molecule has 1 aliphatic rings. The normalized spacial score (nSPS) is 18.0. The molecule has 76 valence electrons. The number of aryl methyl sites for hydroxylation is 1. The molecule has 2 heterocycles. The zero-order valence-electron chi connectivity index (χ0n) is 7.90. The number of halogens is 2. The number of rotatable bonds is 0. The van der Waals surface area contributed by atoms with Gasteiger partial charge in [0.05, 0.1) is 0 Å². The minimum absolute atomic E-state index is 0.0237. The Morgan fingerprint density at radius 2 is 2.21 bits per heavy atom. The molecule has 0 fully saturated rings. The molecule has 14 heavy (non-hydrogen) atoms. The molecule has 0 amide bonds. The number of aromatic nitrogens is 1. The zero-order valence-corrected chi connectivity index (χ0v) is 7.90. The number of pyridine rings is 1. The molecule has 0 atom stereocenters. The Kier molecular flexibility index (Phi) is 1.83. The van der Waals surface area contributed by atoms with Crippen LogP contribution in [0.15, 0.2) is 6.20 Å². The van der Waals surface area contributed by atoms with E-state index in [4.69, 9.17) is 0 Å². The van der Waals surface area contributed by atoms with Crippen LogP contribution < -0.4 is 10.1 Å². The van der Waals surface area contributed by atoms with Crippen LogP contribution in [0.1, 0.15) is 11.1 Å². The molecule has 1 aromatic rings. The van der Waals surface area contributed by atoms with Gasteiger partial charge in [-0.25, -0.2) is 4.98 Å². The van der Waals surface area contributed by atoms with Gasteiger partial charge < -0.3 is 10.1 Å². The van der Waals surface area contributed by atoms with Crippen LogP contribution in [0.4, 0.5) is 14.5 Å². The van der Waals surface area contributed by atoms with Gasteiger partial charge in [0.2, 0.25) is 5.88 Å². The van der Waals surface area contributed by atoms with Crippen LogP contribution in [-0.2, 0) is 0 Å². The van der Waals surface area contributed by atoms with Gasteiger partial charge in [-0.3, -0.25) is 0 Å². The molecule has 1 N–H and O–H groups in total. The fourth-order valence-electron chi connectivity index (χ4n) is 1.33. The quantitative estimate of drug-likeness (QED) is 0.696. The van der Waals surface area contributed by atoms with Crippen LogP contribution in [0.2, 0.25) is 0 Å². The summed E-state index contributed by atoms with van der Waals surface area (Å²) in [4.78, 5) is 3.81. The molecule has 0 saturated carbocycles. The molecule has 3 nitrogen and oxygen atoms in total. The Balaban J connectivity index is 2.46. The second-order valence-corrected chi connectivity index (χ2v) is 3.34. The summed E-state index contributed by atoms with van der Waals surface area (Å²) in [5.41, 5.74) is 2.41. The van der Waals surface area contributed by atoms with Crippen molar-refractivity contribution in [1.82, 2.24) is 4.98 Å². The highest BCUT2D eigenvalue weighted by atomic mass is 19.3. The van der Waals surface area contributed by atoms with Gasteiger partial charge in [0, 0.05) is 6.20 Å². The van der Waals surface area contributed by atoms with Gasteiger partial charge in [-0.2, -0.15) is 8.78 Å². The molecule has 0 unspecified atom stereocenters. The number of nitrogens with one attached hydrogen (secondary N) is 1. The number of anilines is 1. The van der Waals surface area contributed by atoms with Gasteiger partial charge in [0.15, 0.2) is 0 Å². The maximum absolute atomic E-state index is 12.8. The van der Waals surface area contributed by atoms with Gasteiger partial charge in [0.1, 0.15) is 12.2 Å². The Bertz CT molecular complexity index is 379. The summed E-state index contributed by atoms with van der Waals surface area (Å²) in [6.45, 7) is 3.21. The SMILES string of the molecule is Cc1cnc2c(c1C)NCC(F)(F)O2. The highest BCUT2D eigenvalue weighted by Gasteiger charge is 2.37. The lowest BCUT2D eigenvalue weighted by molar-refractivity contribution is -0.169. The van der Waals surface area contributed by atoms with Crippen molar-refractivity contribution in [3.63, 3.8) is 0 Å². The monoisotopic (exact) mass is 200 g/mol. The third kappa shape index (κ3) is 1.38. The van der Waals surface area contributed by atoms with Crippen LogP contribution >= 0.6 is 0 Å². The van der Waals surface area contributed by atoms with Crippen LogP contribution in [0.3, 0.4) is 0 Å². The van der Waals surface area contributed by atoms with Crippen LogP contribution in [0.25, 0.3) is 0 Å². The minimum Gasteiger partial charge on any atom is -0.411 e. The summed E-state index contributed by atoms with van der Waals surface area (Å²) < 4.78 is 30.0. The maximum atomic E-state index is 12.8. The van der Waals surface area contributed by atoms with E-state index >= 15 is 0 Å². The van der Waals surface area contributed by atoms with Crippen molar-refractivity contribution >= 4 is 5.69 Å². The molecular formula is C9H10F2N2O. The molecule has 5 heteroatoms. The fourth-order valence-corrected chi connectivity index (χ4v) is 1.33. The van der Waals surface area contributed by atoms with E-state index in [1.165, 1.54) is 6.20 Å². The molecule has 0 aromatic carbocycles. The Labute approximate surface area is 80.1 Å². The van der Waals surface area contributed by atoms with Crippen LogP contribution in [-0.4, -0.2) is 17.6 Å². The number of ether oxygens (including phenoxy) is 1. The predicted molar refractivity (Wildman–Crippen MR) is 47.8 cm³/mol. The maximum Gasteiger partial charge on any atom is 0.416 e. The molecule has 1 aliphatic heterocycles. The summed E-state index contributed by atoms with van der Waals surface area (Å²) in [7, 11) is 0. The smallest absolute Gasteiger partial charge is 0.411 e. The highest BCUT2D eigenvalue weighted by molar-refractivity contribution is 5.61. The third-order valence-electron chi connectivity index (χ3n) is 2.27. The summed E-state index contributed by atoms with van der Waals surface area (Å²) in [6, 6.07) is 0. The number of fused-ring (bicyclic) bond motifs is 1. The molecule has 1 aromatic heterocycles. The largest absolute Gasteiger partial charge is 0.416 e. The van der Waals surface area contributed by atoms with E-state index in [-0.39, 0.29) is 5.88 Å². The van der Waals surface area contributed by atoms with Crippen molar-refractivity contribution in [3.05, 3.63) is 17.3 Å². The lowest BCUT2D eigenvalue weighted by Gasteiger charge is -2.26. The van der Waals surface area contributed by atoms with Crippen molar-refractivity contribution in [2.75, 3.05) is 11.9 Å². The molecule has 0 saturated heterocycles. The number of hydrogen-bond acceptors (Lipinski definition) is 3. The summed E-state index contributed by atoms with van der Waals surface area (Å²) in [6.07, 6.45) is -1.64. The average molecular weight is 200 g/mol. The Morgan fingerprint density at radius 1 is 1.50 bits per heavy atom. The first kappa shape index (κ1) is 9.18. The second-order valence-electron chi connectivity index (χ2n) is 3.34. The Morgan fingerprint density at radius 3 is 2.93 bits per heavy atom. The lowest BCUT2D eigenvalue weighted by atomic mass is 10.1. The standard InChI is InChI=1S/C9H10F2N2O/c1-5-3-12-8-7(6(5)2)13-4-9(10,11)14-8/h3,13H,4H2,1-2H3.